The summed E-state index contributed by atoms with van der Waals surface area (Å²) >= 11 is 0. The van der Waals surface area contributed by atoms with Crippen molar-refractivity contribution in [3.8, 4) is 0 Å². The minimum atomic E-state index is 0.121. The number of aromatic nitrogens is 2. The number of anilines is 2. The van der Waals surface area contributed by atoms with Gasteiger partial charge in [0.05, 0.1) is 13.3 Å². The van der Waals surface area contributed by atoms with Crippen molar-refractivity contribution in [2.24, 2.45) is 5.92 Å². The van der Waals surface area contributed by atoms with Gasteiger partial charge in [0.1, 0.15) is 0 Å². The number of rotatable bonds is 3. The monoisotopic (exact) mass is 380 g/mol. The largest absolute Gasteiger partial charge is 0.298 e. The van der Waals surface area contributed by atoms with Crippen LogP contribution in [0.5, 0.6) is 0 Å². The number of hydrogen-bond donors (Lipinski definition) is 0. The first-order valence-electron chi connectivity index (χ1n) is 10.7. The summed E-state index contributed by atoms with van der Waals surface area (Å²) in [6.07, 6.45) is 5.82. The second-order valence-electron chi connectivity index (χ2n) is 8.53. The number of benzene rings is 1. The van der Waals surface area contributed by atoms with Crippen LogP contribution in [0.15, 0.2) is 29.1 Å². The lowest BCUT2D eigenvalue weighted by molar-refractivity contribution is 0.0723. The Morgan fingerprint density at radius 1 is 1.14 bits per heavy atom. The van der Waals surface area contributed by atoms with Crippen molar-refractivity contribution in [3.05, 3.63) is 51.4 Å². The summed E-state index contributed by atoms with van der Waals surface area (Å²) in [6, 6.07) is 9.03. The lowest BCUT2D eigenvalue weighted by Gasteiger charge is -2.45. The van der Waals surface area contributed by atoms with Gasteiger partial charge in [-0.15, -0.1) is 0 Å². The molecule has 0 radical (unpaired) electrons. The van der Waals surface area contributed by atoms with Crippen LogP contribution in [0.2, 0.25) is 0 Å². The number of aryl methyl sites for hydroxylation is 2. The van der Waals surface area contributed by atoms with Crippen molar-refractivity contribution < 1.29 is 0 Å². The van der Waals surface area contributed by atoms with E-state index in [2.05, 4.69) is 47.9 Å². The van der Waals surface area contributed by atoms with Gasteiger partial charge in [0, 0.05) is 23.0 Å². The van der Waals surface area contributed by atoms with Crippen LogP contribution in [0.4, 0.5) is 11.6 Å². The Labute approximate surface area is 168 Å². The molecule has 2 unspecified atom stereocenters. The van der Waals surface area contributed by atoms with Crippen molar-refractivity contribution in [2.45, 2.75) is 72.5 Å². The Balaban J connectivity index is 1.82. The maximum Gasteiger partial charge on any atom is 0.259 e. The van der Waals surface area contributed by atoms with E-state index in [-0.39, 0.29) is 5.56 Å². The fraction of sp³-hybridized carbons (Fsp3) is 0.565. The quantitative estimate of drug-likeness (QED) is 0.793. The van der Waals surface area contributed by atoms with Gasteiger partial charge in [0.25, 0.3) is 5.56 Å². The third-order valence-electron chi connectivity index (χ3n) is 6.54. The second kappa shape index (κ2) is 7.70. The average Bonchev–Trinajstić information content (AvgIpc) is 2.68. The molecule has 150 valence electrons. The van der Waals surface area contributed by atoms with Crippen LogP contribution in [-0.4, -0.2) is 27.2 Å². The van der Waals surface area contributed by atoms with E-state index in [4.69, 9.17) is 4.98 Å². The van der Waals surface area contributed by atoms with Gasteiger partial charge in [-0.25, -0.2) is 4.98 Å². The lowest BCUT2D eigenvalue weighted by atomic mass is 9.85. The molecule has 1 aromatic carbocycles. The highest BCUT2D eigenvalue weighted by Gasteiger charge is 2.34. The molecule has 0 saturated heterocycles. The predicted octanol–water partition coefficient (Wildman–Crippen LogP) is 4.37. The smallest absolute Gasteiger partial charge is 0.259 e. The predicted molar refractivity (Wildman–Crippen MR) is 114 cm³/mol. The summed E-state index contributed by atoms with van der Waals surface area (Å²) in [4.78, 5) is 22.9. The molecule has 5 heteroatoms. The highest BCUT2D eigenvalue weighted by Crippen LogP contribution is 2.34. The van der Waals surface area contributed by atoms with Gasteiger partial charge in [-0.05, 0) is 56.7 Å². The summed E-state index contributed by atoms with van der Waals surface area (Å²) in [7, 11) is 0. The highest BCUT2D eigenvalue weighted by atomic mass is 16.1. The normalized spacial score (nSPS) is 22.9. The van der Waals surface area contributed by atoms with E-state index in [0.717, 1.165) is 36.0 Å². The molecule has 28 heavy (non-hydrogen) atoms. The van der Waals surface area contributed by atoms with E-state index in [1.54, 1.807) is 0 Å². The SMILES string of the molecule is CCc1c(C)nc2n(c1=O)CN(C1CCCCC1C)CN2c1cccc(C)c1. The fourth-order valence-electron chi connectivity index (χ4n) is 4.94. The summed E-state index contributed by atoms with van der Waals surface area (Å²) in [5.41, 5.74) is 4.15. The summed E-state index contributed by atoms with van der Waals surface area (Å²) in [5, 5.41) is 0. The topological polar surface area (TPSA) is 41.4 Å². The van der Waals surface area contributed by atoms with E-state index in [9.17, 15) is 4.79 Å². The molecule has 2 heterocycles. The third-order valence-corrected chi connectivity index (χ3v) is 6.54. The molecule has 1 aliphatic heterocycles. The molecule has 1 fully saturated rings. The molecule has 0 N–H and O–H groups in total. The maximum atomic E-state index is 13.3. The third kappa shape index (κ3) is 3.37. The lowest BCUT2D eigenvalue weighted by Crippen LogP contribution is -2.53. The van der Waals surface area contributed by atoms with E-state index < -0.39 is 0 Å². The van der Waals surface area contributed by atoms with Gasteiger partial charge in [-0.2, -0.15) is 0 Å². The Kier molecular flexibility index (Phi) is 5.28. The number of fused-ring (bicyclic) bond motifs is 1. The molecule has 0 spiro atoms. The van der Waals surface area contributed by atoms with Crippen molar-refractivity contribution in [1.29, 1.82) is 0 Å². The van der Waals surface area contributed by atoms with Crippen LogP contribution < -0.4 is 10.5 Å². The van der Waals surface area contributed by atoms with Gasteiger partial charge < -0.3 is 0 Å². The zero-order valence-electron chi connectivity index (χ0n) is 17.6. The van der Waals surface area contributed by atoms with Crippen LogP contribution >= 0.6 is 0 Å². The second-order valence-corrected chi connectivity index (χ2v) is 8.53. The molecule has 1 aromatic heterocycles. The van der Waals surface area contributed by atoms with E-state index in [0.29, 0.717) is 18.6 Å². The molecule has 1 saturated carbocycles. The van der Waals surface area contributed by atoms with E-state index in [1.807, 2.05) is 18.4 Å². The minimum Gasteiger partial charge on any atom is -0.298 e. The Morgan fingerprint density at radius 2 is 1.93 bits per heavy atom. The molecule has 0 amide bonds. The first-order chi connectivity index (χ1) is 13.5. The molecule has 2 aliphatic rings. The summed E-state index contributed by atoms with van der Waals surface area (Å²) in [5.74, 6) is 1.44. The summed E-state index contributed by atoms with van der Waals surface area (Å²) in [6.45, 7) is 9.91. The first kappa shape index (κ1) is 19.2. The molecule has 0 bridgehead atoms. The zero-order valence-corrected chi connectivity index (χ0v) is 17.6. The minimum absolute atomic E-state index is 0.121. The van der Waals surface area contributed by atoms with Crippen molar-refractivity contribution in [3.63, 3.8) is 0 Å². The summed E-state index contributed by atoms with van der Waals surface area (Å²) < 4.78 is 1.90. The zero-order chi connectivity index (χ0) is 19.8. The van der Waals surface area contributed by atoms with Crippen LogP contribution in [0.25, 0.3) is 0 Å². The number of nitrogens with zero attached hydrogens (tertiary/aromatic N) is 4. The Bertz CT molecular complexity index is 919. The first-order valence-corrected chi connectivity index (χ1v) is 10.7. The van der Waals surface area contributed by atoms with Gasteiger partial charge in [-0.1, -0.05) is 38.8 Å². The standard InChI is InChI=1S/C23H32N4O/c1-5-20-18(4)24-23-26(19-11-8-9-16(2)13-19)14-25(15-27(23)22(20)28)21-12-7-6-10-17(21)3/h8-9,11,13,17,21H,5-7,10,12,14-15H2,1-4H3. The van der Waals surface area contributed by atoms with Crippen LogP contribution in [0.1, 0.15) is 56.4 Å². The average molecular weight is 381 g/mol. The van der Waals surface area contributed by atoms with Gasteiger partial charge >= 0.3 is 0 Å². The van der Waals surface area contributed by atoms with Gasteiger partial charge in [-0.3, -0.25) is 19.2 Å². The highest BCUT2D eigenvalue weighted by molar-refractivity contribution is 5.59. The Morgan fingerprint density at radius 3 is 2.64 bits per heavy atom. The molecule has 1 aliphatic carbocycles. The van der Waals surface area contributed by atoms with Gasteiger partial charge in [0.15, 0.2) is 0 Å². The molecule has 2 atom stereocenters. The van der Waals surface area contributed by atoms with Crippen LogP contribution in [0, 0.1) is 19.8 Å². The molecule has 5 nitrogen and oxygen atoms in total. The van der Waals surface area contributed by atoms with Crippen molar-refractivity contribution >= 4 is 11.6 Å². The van der Waals surface area contributed by atoms with E-state index in [1.165, 1.54) is 31.2 Å². The fourth-order valence-corrected chi connectivity index (χ4v) is 4.94. The number of hydrogen-bond acceptors (Lipinski definition) is 4. The van der Waals surface area contributed by atoms with Gasteiger partial charge in [0.2, 0.25) is 5.95 Å². The van der Waals surface area contributed by atoms with Crippen molar-refractivity contribution in [1.82, 2.24) is 14.5 Å². The van der Waals surface area contributed by atoms with Crippen LogP contribution in [-0.2, 0) is 13.1 Å². The van der Waals surface area contributed by atoms with Crippen LogP contribution in [0.3, 0.4) is 0 Å². The molecule has 2 aromatic rings. The molecular weight excluding hydrogens is 348 g/mol. The van der Waals surface area contributed by atoms with E-state index >= 15 is 0 Å². The molecular formula is C23H32N4O. The molecule has 4 rings (SSSR count). The maximum absolute atomic E-state index is 13.3. The Hall–Kier alpha value is -2.14. The van der Waals surface area contributed by atoms with Crippen molar-refractivity contribution in [2.75, 3.05) is 11.6 Å².